The van der Waals surface area contributed by atoms with Crippen molar-refractivity contribution in [3.05, 3.63) is 45.2 Å². The van der Waals surface area contributed by atoms with Crippen LogP contribution < -0.4 is 0 Å². The van der Waals surface area contributed by atoms with E-state index in [0.29, 0.717) is 10.7 Å². The van der Waals surface area contributed by atoms with E-state index >= 15 is 0 Å². The fourth-order valence-corrected chi connectivity index (χ4v) is 1.93. The van der Waals surface area contributed by atoms with Crippen LogP contribution in [0.2, 0.25) is 5.02 Å². The molecule has 2 aromatic rings. The fraction of sp³-hybridized carbons (Fsp3) is 0.231. The van der Waals surface area contributed by atoms with Crippen molar-refractivity contribution in [2.45, 2.75) is 13.5 Å². The van der Waals surface area contributed by atoms with Gasteiger partial charge in [0.2, 0.25) is 6.33 Å². The number of benzene rings is 1. The fourth-order valence-electron chi connectivity index (χ4n) is 1.76. The van der Waals surface area contributed by atoms with Crippen LogP contribution in [-0.4, -0.2) is 42.8 Å². The van der Waals surface area contributed by atoms with E-state index < -0.39 is 10.9 Å². The lowest BCUT2D eigenvalue weighted by Crippen LogP contribution is -2.11. The van der Waals surface area contributed by atoms with Crippen molar-refractivity contribution in [2.75, 3.05) is 6.54 Å². The maximum atomic E-state index is 12.0. The molecule has 10 heteroatoms. The maximum absolute atomic E-state index is 12.0. The van der Waals surface area contributed by atoms with Gasteiger partial charge in [0, 0.05) is 15.8 Å². The molecular formula is C13H12ClN5O4. The Morgan fingerprint density at radius 1 is 1.52 bits per heavy atom. The topological polar surface area (TPSA) is 124 Å². The molecule has 0 saturated heterocycles. The minimum Gasteiger partial charge on any atom is -0.507 e. The maximum Gasteiger partial charge on any atom is 0.490 e. The zero-order valence-corrected chi connectivity index (χ0v) is 12.8. The second kappa shape index (κ2) is 6.97. The highest BCUT2D eigenvalue weighted by atomic mass is 35.5. The third-order valence-electron chi connectivity index (χ3n) is 2.83. The third kappa shape index (κ3) is 4.33. The Morgan fingerprint density at radius 2 is 2.26 bits per heavy atom. The molecule has 0 aliphatic heterocycles. The zero-order chi connectivity index (χ0) is 17.0. The summed E-state index contributed by atoms with van der Waals surface area (Å²) < 4.78 is 1.25. The Bertz CT molecular complexity index is 786. The Balaban J connectivity index is 2.00. The molecule has 1 aromatic heterocycles. The van der Waals surface area contributed by atoms with Crippen molar-refractivity contribution in [1.29, 1.82) is 0 Å². The lowest BCUT2D eigenvalue weighted by Gasteiger charge is -2.03. The van der Waals surface area contributed by atoms with Crippen LogP contribution in [0.25, 0.3) is 0 Å². The molecule has 0 aliphatic carbocycles. The number of carbonyl (C=O) groups excluding carboxylic acids is 1. The molecule has 9 nitrogen and oxygen atoms in total. The van der Waals surface area contributed by atoms with Crippen molar-refractivity contribution in [3.63, 3.8) is 0 Å². The number of hydrogen-bond acceptors (Lipinski definition) is 7. The number of carbonyl (C=O) groups is 1. The second-order valence-corrected chi connectivity index (χ2v) is 5.07. The number of ketones is 1. The normalized spacial score (nSPS) is 11.5. The van der Waals surface area contributed by atoms with Gasteiger partial charge >= 0.3 is 5.95 Å². The molecule has 1 heterocycles. The van der Waals surface area contributed by atoms with Gasteiger partial charge in [-0.3, -0.25) is 9.79 Å². The SMILES string of the molecule is CC(Cn1cnc([N+](=O)[O-])n1)=NCC(=O)c1ccc(Cl)cc1O. The van der Waals surface area contributed by atoms with E-state index in [4.69, 9.17) is 11.6 Å². The van der Waals surface area contributed by atoms with Gasteiger partial charge in [0.05, 0.1) is 12.1 Å². The highest BCUT2D eigenvalue weighted by Gasteiger charge is 2.14. The number of aliphatic imine (C=N–C) groups is 1. The molecule has 0 spiro atoms. The molecule has 0 radical (unpaired) electrons. The first-order valence-electron chi connectivity index (χ1n) is 6.42. The summed E-state index contributed by atoms with van der Waals surface area (Å²) in [4.78, 5) is 29.4. The lowest BCUT2D eigenvalue weighted by atomic mass is 10.1. The molecule has 23 heavy (non-hydrogen) atoms. The Hall–Kier alpha value is -2.81. The van der Waals surface area contributed by atoms with Crippen molar-refractivity contribution in [2.24, 2.45) is 4.99 Å². The van der Waals surface area contributed by atoms with Gasteiger partial charge in [-0.2, -0.15) is 4.68 Å². The average Bonchev–Trinajstić information content (AvgIpc) is 2.93. The first-order valence-corrected chi connectivity index (χ1v) is 6.80. The summed E-state index contributed by atoms with van der Waals surface area (Å²) in [5.41, 5.74) is 0.661. The zero-order valence-electron chi connectivity index (χ0n) is 12.0. The van der Waals surface area contributed by atoms with Gasteiger partial charge in [0.15, 0.2) is 5.78 Å². The van der Waals surface area contributed by atoms with Crippen LogP contribution >= 0.6 is 11.6 Å². The summed E-state index contributed by atoms with van der Waals surface area (Å²) >= 11 is 5.70. The molecule has 0 unspecified atom stereocenters. The number of hydrogen-bond donors (Lipinski definition) is 1. The Morgan fingerprint density at radius 3 is 2.87 bits per heavy atom. The molecule has 1 aromatic carbocycles. The van der Waals surface area contributed by atoms with Gasteiger partial charge in [-0.1, -0.05) is 16.6 Å². The molecule has 1 N–H and O–H groups in total. The number of aromatic hydroxyl groups is 1. The molecule has 120 valence electrons. The van der Waals surface area contributed by atoms with Gasteiger partial charge in [-0.15, -0.1) is 0 Å². The van der Waals surface area contributed by atoms with Crippen molar-refractivity contribution >= 4 is 29.0 Å². The van der Waals surface area contributed by atoms with E-state index in [1.807, 2.05) is 0 Å². The molecule has 0 atom stereocenters. The first kappa shape index (κ1) is 16.6. The highest BCUT2D eigenvalue weighted by molar-refractivity contribution is 6.30. The Labute approximate surface area is 135 Å². The standard InChI is InChI=1S/C13H12ClN5O4/c1-8(6-18-7-16-13(17-18)19(22)23)15-5-12(21)10-3-2-9(14)4-11(10)20/h2-4,7,20H,5-6H2,1H3. The van der Waals surface area contributed by atoms with E-state index in [0.717, 1.165) is 0 Å². The van der Waals surface area contributed by atoms with E-state index in [1.54, 1.807) is 6.92 Å². The summed E-state index contributed by atoms with van der Waals surface area (Å²) in [7, 11) is 0. The molecule has 0 aliphatic rings. The largest absolute Gasteiger partial charge is 0.507 e. The summed E-state index contributed by atoms with van der Waals surface area (Å²) in [5, 5.41) is 24.1. The molecule has 0 saturated carbocycles. The monoisotopic (exact) mass is 337 g/mol. The molecule has 0 bridgehead atoms. The van der Waals surface area contributed by atoms with Crippen molar-refractivity contribution < 1.29 is 14.8 Å². The first-order chi connectivity index (χ1) is 10.9. The van der Waals surface area contributed by atoms with E-state index in [-0.39, 0.29) is 30.2 Å². The number of nitrogens with zero attached hydrogens (tertiary/aromatic N) is 5. The van der Waals surface area contributed by atoms with Gasteiger partial charge < -0.3 is 15.2 Å². The number of nitro groups is 1. The number of aromatic nitrogens is 3. The van der Waals surface area contributed by atoms with Gasteiger partial charge in [0.25, 0.3) is 0 Å². The number of phenols is 1. The molecule has 2 rings (SSSR count). The van der Waals surface area contributed by atoms with E-state index in [9.17, 15) is 20.0 Å². The highest BCUT2D eigenvalue weighted by Crippen LogP contribution is 2.22. The van der Waals surface area contributed by atoms with Crippen LogP contribution in [0, 0.1) is 10.1 Å². The predicted octanol–water partition coefficient (Wildman–Crippen LogP) is 1.89. The molecular weight excluding hydrogens is 326 g/mol. The van der Waals surface area contributed by atoms with Crippen molar-refractivity contribution in [3.8, 4) is 5.75 Å². The van der Waals surface area contributed by atoms with E-state index in [2.05, 4.69) is 15.1 Å². The van der Waals surface area contributed by atoms with Crippen LogP contribution in [0.4, 0.5) is 5.95 Å². The number of Topliss-reactive ketones (excluding diaryl/α,β-unsaturated/α-hetero) is 1. The van der Waals surface area contributed by atoms with Gasteiger partial charge in [0.1, 0.15) is 12.3 Å². The summed E-state index contributed by atoms with van der Waals surface area (Å²) in [6.45, 7) is 1.65. The van der Waals surface area contributed by atoms with Gasteiger partial charge in [-0.05, 0) is 30.0 Å². The number of rotatable bonds is 6. The van der Waals surface area contributed by atoms with Crippen LogP contribution in [0.3, 0.4) is 0 Å². The number of phenolic OH excluding ortho intramolecular Hbond substituents is 1. The number of halogens is 1. The van der Waals surface area contributed by atoms with Crippen LogP contribution in [0.5, 0.6) is 5.75 Å². The minimum absolute atomic E-state index is 0.127. The van der Waals surface area contributed by atoms with E-state index in [1.165, 1.54) is 29.2 Å². The summed E-state index contributed by atoms with van der Waals surface area (Å²) in [6, 6.07) is 4.20. The average molecular weight is 338 g/mol. The molecule has 0 fully saturated rings. The lowest BCUT2D eigenvalue weighted by molar-refractivity contribution is -0.394. The van der Waals surface area contributed by atoms with Crippen molar-refractivity contribution in [1.82, 2.24) is 14.8 Å². The third-order valence-corrected chi connectivity index (χ3v) is 3.07. The smallest absolute Gasteiger partial charge is 0.490 e. The second-order valence-electron chi connectivity index (χ2n) is 4.64. The van der Waals surface area contributed by atoms with Crippen LogP contribution in [-0.2, 0) is 6.54 Å². The predicted molar refractivity (Wildman–Crippen MR) is 82.1 cm³/mol. The molecule has 0 amide bonds. The van der Waals surface area contributed by atoms with Gasteiger partial charge in [-0.25, -0.2) is 0 Å². The van der Waals surface area contributed by atoms with Crippen LogP contribution in [0.1, 0.15) is 17.3 Å². The summed E-state index contributed by atoms with van der Waals surface area (Å²) in [6.07, 6.45) is 1.21. The summed E-state index contributed by atoms with van der Waals surface area (Å²) in [5.74, 6) is -1.08. The quantitative estimate of drug-likeness (QED) is 0.371. The Kier molecular flexibility index (Phi) is 5.02. The van der Waals surface area contributed by atoms with Crippen LogP contribution in [0.15, 0.2) is 29.5 Å². The minimum atomic E-state index is -0.699.